The van der Waals surface area contributed by atoms with Gasteiger partial charge in [0.2, 0.25) is 5.95 Å². The van der Waals surface area contributed by atoms with Crippen molar-refractivity contribution in [3.05, 3.63) is 41.3 Å². The SMILES string of the molecule is CCN(c1ccccc1C)c1nc(NN)nc2sccc12. The Hall–Kier alpha value is -2.18. The highest BCUT2D eigenvalue weighted by Crippen LogP contribution is 2.34. The predicted octanol–water partition coefficient (Wildman–Crippen LogP) is 3.44. The molecule has 5 nitrogen and oxygen atoms in total. The van der Waals surface area contributed by atoms with E-state index < -0.39 is 0 Å². The molecule has 108 valence electrons. The van der Waals surface area contributed by atoms with Crippen LogP contribution in [0, 0.1) is 6.92 Å². The maximum Gasteiger partial charge on any atom is 0.240 e. The first-order chi connectivity index (χ1) is 10.2. The molecule has 0 saturated carbocycles. The molecule has 0 aliphatic carbocycles. The lowest BCUT2D eigenvalue weighted by Gasteiger charge is -2.24. The number of nitrogen functional groups attached to an aromatic ring is 1. The highest BCUT2D eigenvalue weighted by molar-refractivity contribution is 7.16. The normalized spacial score (nSPS) is 10.8. The summed E-state index contributed by atoms with van der Waals surface area (Å²) in [7, 11) is 0. The number of nitrogens with one attached hydrogen (secondary N) is 1. The van der Waals surface area contributed by atoms with Crippen LogP contribution in [0.4, 0.5) is 17.5 Å². The molecule has 2 heterocycles. The molecule has 0 aliphatic heterocycles. The van der Waals surface area contributed by atoms with Crippen molar-refractivity contribution in [1.82, 2.24) is 9.97 Å². The van der Waals surface area contributed by atoms with Crippen molar-refractivity contribution in [2.45, 2.75) is 13.8 Å². The van der Waals surface area contributed by atoms with Crippen LogP contribution in [0.2, 0.25) is 0 Å². The van der Waals surface area contributed by atoms with Crippen molar-refractivity contribution in [3.63, 3.8) is 0 Å². The number of aromatic nitrogens is 2. The van der Waals surface area contributed by atoms with Gasteiger partial charge in [0, 0.05) is 12.2 Å². The number of para-hydroxylation sites is 1. The van der Waals surface area contributed by atoms with Gasteiger partial charge in [-0.2, -0.15) is 4.98 Å². The van der Waals surface area contributed by atoms with E-state index in [0.29, 0.717) is 5.95 Å². The predicted molar refractivity (Wildman–Crippen MR) is 89.1 cm³/mol. The second-order valence-electron chi connectivity index (χ2n) is 4.69. The Morgan fingerprint density at radius 2 is 2.05 bits per heavy atom. The molecule has 3 N–H and O–H groups in total. The number of nitrogens with two attached hydrogens (primary N) is 1. The van der Waals surface area contributed by atoms with Gasteiger partial charge in [-0.05, 0) is 36.9 Å². The number of fused-ring (bicyclic) bond motifs is 1. The first-order valence-electron chi connectivity index (χ1n) is 6.79. The lowest BCUT2D eigenvalue weighted by Crippen LogP contribution is -2.20. The number of thiophene rings is 1. The van der Waals surface area contributed by atoms with Gasteiger partial charge in [-0.1, -0.05) is 18.2 Å². The van der Waals surface area contributed by atoms with Crippen molar-refractivity contribution < 1.29 is 0 Å². The quantitative estimate of drug-likeness (QED) is 0.570. The van der Waals surface area contributed by atoms with Gasteiger partial charge in [0.15, 0.2) is 0 Å². The second kappa shape index (κ2) is 5.67. The summed E-state index contributed by atoms with van der Waals surface area (Å²) in [5.74, 6) is 6.82. The van der Waals surface area contributed by atoms with E-state index in [4.69, 9.17) is 5.84 Å². The Labute approximate surface area is 127 Å². The standard InChI is InChI=1S/C15H17N5S/c1-3-20(12-7-5-4-6-10(12)2)13-11-8-9-21-14(11)18-15(17-13)19-16/h4-9H,3,16H2,1-2H3,(H,17,18,19). The summed E-state index contributed by atoms with van der Waals surface area (Å²) in [6.45, 7) is 5.03. The van der Waals surface area contributed by atoms with Crippen molar-refractivity contribution in [2.24, 2.45) is 5.84 Å². The van der Waals surface area contributed by atoms with Crippen LogP contribution in [-0.2, 0) is 0 Å². The van der Waals surface area contributed by atoms with Crippen LogP contribution in [-0.4, -0.2) is 16.5 Å². The Bertz CT molecular complexity index is 768. The molecule has 0 saturated heterocycles. The summed E-state index contributed by atoms with van der Waals surface area (Å²) < 4.78 is 0. The second-order valence-corrected chi connectivity index (χ2v) is 5.58. The number of rotatable bonds is 4. The molecule has 3 rings (SSSR count). The zero-order valence-electron chi connectivity index (χ0n) is 12.0. The largest absolute Gasteiger partial charge is 0.326 e. The fourth-order valence-electron chi connectivity index (χ4n) is 2.41. The molecular weight excluding hydrogens is 282 g/mol. The van der Waals surface area contributed by atoms with E-state index in [0.717, 1.165) is 28.3 Å². The maximum atomic E-state index is 5.50. The van der Waals surface area contributed by atoms with E-state index in [1.807, 2.05) is 17.5 Å². The van der Waals surface area contributed by atoms with E-state index >= 15 is 0 Å². The van der Waals surface area contributed by atoms with Gasteiger partial charge in [-0.3, -0.25) is 5.43 Å². The summed E-state index contributed by atoms with van der Waals surface area (Å²) in [6, 6.07) is 10.3. The van der Waals surface area contributed by atoms with Crippen LogP contribution in [0.25, 0.3) is 10.2 Å². The fraction of sp³-hybridized carbons (Fsp3) is 0.200. The zero-order chi connectivity index (χ0) is 14.8. The topological polar surface area (TPSA) is 67.1 Å². The number of hydrogen-bond acceptors (Lipinski definition) is 6. The number of aryl methyl sites for hydroxylation is 1. The molecule has 0 atom stereocenters. The fourth-order valence-corrected chi connectivity index (χ4v) is 3.17. The monoisotopic (exact) mass is 299 g/mol. The molecule has 0 fully saturated rings. The molecule has 2 aromatic heterocycles. The molecule has 0 radical (unpaired) electrons. The number of anilines is 3. The molecule has 0 aliphatic rings. The lowest BCUT2D eigenvalue weighted by atomic mass is 10.1. The van der Waals surface area contributed by atoms with Crippen molar-refractivity contribution in [1.29, 1.82) is 0 Å². The van der Waals surface area contributed by atoms with E-state index in [-0.39, 0.29) is 0 Å². The minimum atomic E-state index is 0.437. The van der Waals surface area contributed by atoms with Crippen molar-refractivity contribution in [3.8, 4) is 0 Å². The van der Waals surface area contributed by atoms with Gasteiger partial charge >= 0.3 is 0 Å². The van der Waals surface area contributed by atoms with E-state index in [9.17, 15) is 0 Å². The number of hydrazine groups is 1. The van der Waals surface area contributed by atoms with Gasteiger partial charge in [-0.15, -0.1) is 11.3 Å². The van der Waals surface area contributed by atoms with Crippen LogP contribution in [0.1, 0.15) is 12.5 Å². The van der Waals surface area contributed by atoms with Gasteiger partial charge in [0.25, 0.3) is 0 Å². The van der Waals surface area contributed by atoms with Crippen LogP contribution < -0.4 is 16.2 Å². The third-order valence-corrected chi connectivity index (χ3v) is 4.22. The third kappa shape index (κ3) is 2.43. The third-order valence-electron chi connectivity index (χ3n) is 3.41. The molecule has 6 heteroatoms. The van der Waals surface area contributed by atoms with Crippen molar-refractivity contribution in [2.75, 3.05) is 16.9 Å². The Balaban J connectivity index is 2.21. The van der Waals surface area contributed by atoms with Crippen LogP contribution in [0.5, 0.6) is 0 Å². The molecule has 0 amide bonds. The minimum Gasteiger partial charge on any atom is -0.326 e. The van der Waals surface area contributed by atoms with E-state index in [1.54, 1.807) is 11.3 Å². The van der Waals surface area contributed by atoms with Gasteiger partial charge in [-0.25, -0.2) is 10.8 Å². The Morgan fingerprint density at radius 3 is 2.76 bits per heavy atom. The maximum absolute atomic E-state index is 5.50. The van der Waals surface area contributed by atoms with Crippen LogP contribution in [0.3, 0.4) is 0 Å². The number of nitrogens with zero attached hydrogens (tertiary/aromatic N) is 3. The van der Waals surface area contributed by atoms with Gasteiger partial charge in [0.1, 0.15) is 10.6 Å². The highest BCUT2D eigenvalue weighted by atomic mass is 32.1. The molecule has 0 unspecified atom stereocenters. The van der Waals surface area contributed by atoms with Crippen LogP contribution in [0.15, 0.2) is 35.7 Å². The van der Waals surface area contributed by atoms with E-state index in [1.165, 1.54) is 5.56 Å². The summed E-state index contributed by atoms with van der Waals surface area (Å²) in [5, 5.41) is 3.07. The molecular formula is C15H17N5S. The lowest BCUT2D eigenvalue weighted by molar-refractivity contribution is 0.982. The Morgan fingerprint density at radius 1 is 1.24 bits per heavy atom. The van der Waals surface area contributed by atoms with Crippen LogP contribution >= 0.6 is 11.3 Å². The molecule has 21 heavy (non-hydrogen) atoms. The molecule has 0 spiro atoms. The van der Waals surface area contributed by atoms with Gasteiger partial charge in [0.05, 0.1) is 5.39 Å². The first-order valence-corrected chi connectivity index (χ1v) is 7.67. The molecule has 0 bridgehead atoms. The zero-order valence-corrected chi connectivity index (χ0v) is 12.8. The smallest absolute Gasteiger partial charge is 0.240 e. The highest BCUT2D eigenvalue weighted by Gasteiger charge is 2.16. The summed E-state index contributed by atoms with van der Waals surface area (Å²) in [4.78, 5) is 12.1. The summed E-state index contributed by atoms with van der Waals surface area (Å²) >= 11 is 1.58. The Kier molecular flexibility index (Phi) is 3.72. The average molecular weight is 299 g/mol. The first kappa shape index (κ1) is 13.8. The van der Waals surface area contributed by atoms with Crippen molar-refractivity contribution >= 4 is 39.0 Å². The van der Waals surface area contributed by atoms with Gasteiger partial charge < -0.3 is 4.90 Å². The molecule has 1 aromatic carbocycles. The molecule has 3 aromatic rings. The number of benzene rings is 1. The van der Waals surface area contributed by atoms with E-state index in [2.05, 4.69) is 52.3 Å². The summed E-state index contributed by atoms with van der Waals surface area (Å²) in [6.07, 6.45) is 0. The minimum absolute atomic E-state index is 0.437. The average Bonchev–Trinajstić information content (AvgIpc) is 2.98. The summed E-state index contributed by atoms with van der Waals surface area (Å²) in [5.41, 5.74) is 4.91. The number of hydrogen-bond donors (Lipinski definition) is 2.